The average molecular weight is 299 g/mol. The molecule has 0 N–H and O–H groups in total. The van der Waals surface area contributed by atoms with E-state index in [0.717, 1.165) is 55.9 Å². The minimum absolute atomic E-state index is 0.538. The maximum Gasteiger partial charge on any atom is 0.138 e. The Hall–Kier alpha value is -1.57. The van der Waals surface area contributed by atoms with Gasteiger partial charge in [0.15, 0.2) is 0 Å². The van der Waals surface area contributed by atoms with Gasteiger partial charge in [-0.3, -0.25) is 4.90 Å². The van der Waals surface area contributed by atoms with Crippen molar-refractivity contribution in [1.29, 1.82) is 5.26 Å². The summed E-state index contributed by atoms with van der Waals surface area (Å²) >= 11 is 0. The Morgan fingerprint density at radius 2 is 1.82 bits per heavy atom. The van der Waals surface area contributed by atoms with Crippen LogP contribution in [0.25, 0.3) is 0 Å². The van der Waals surface area contributed by atoms with Gasteiger partial charge in [-0.25, -0.2) is 0 Å². The fraction of sp³-hybridized carbons (Fsp3) is 0.611. The van der Waals surface area contributed by atoms with E-state index in [1.165, 1.54) is 5.56 Å². The van der Waals surface area contributed by atoms with Gasteiger partial charge in [-0.2, -0.15) is 5.26 Å². The second-order valence-electron chi connectivity index (χ2n) is 6.62. The predicted octanol–water partition coefficient (Wildman–Crippen LogP) is 2.44. The van der Waals surface area contributed by atoms with Crippen LogP contribution in [0.15, 0.2) is 12.1 Å². The normalized spacial score (nSPS) is 26.6. The largest absolute Gasteiger partial charge is 0.493 e. The Morgan fingerprint density at radius 1 is 1.14 bits per heavy atom. The number of hydrogen-bond donors (Lipinski definition) is 0. The molecule has 3 rings (SSSR count). The van der Waals surface area contributed by atoms with Gasteiger partial charge in [0.1, 0.15) is 11.3 Å². The molecule has 118 valence electrons. The average Bonchev–Trinajstić information content (AvgIpc) is 2.73. The molecule has 2 heterocycles. The predicted molar refractivity (Wildman–Crippen MR) is 87.0 cm³/mol. The Balaban J connectivity index is 2.12. The maximum absolute atomic E-state index is 10.2. The van der Waals surface area contributed by atoms with E-state index >= 15 is 0 Å². The van der Waals surface area contributed by atoms with E-state index in [-0.39, 0.29) is 0 Å². The lowest BCUT2D eigenvalue weighted by Gasteiger charge is -2.43. The number of nitrogens with zero attached hydrogens (tertiary/aromatic N) is 3. The SMILES string of the molecule is Cc1ccc(C)c2c1OCCCC2(C#N)N1CCN(C)CC1. The summed E-state index contributed by atoms with van der Waals surface area (Å²) in [4.78, 5) is 4.71. The molecule has 2 aliphatic heterocycles. The molecule has 1 fully saturated rings. The first-order chi connectivity index (χ1) is 10.6. The molecule has 0 bridgehead atoms. The number of aryl methyl sites for hydroxylation is 2. The van der Waals surface area contributed by atoms with E-state index in [0.29, 0.717) is 6.61 Å². The van der Waals surface area contributed by atoms with Gasteiger partial charge in [-0.15, -0.1) is 0 Å². The molecule has 0 aliphatic carbocycles. The van der Waals surface area contributed by atoms with Gasteiger partial charge < -0.3 is 9.64 Å². The number of hydrogen-bond acceptors (Lipinski definition) is 4. The molecular weight excluding hydrogens is 274 g/mol. The van der Waals surface area contributed by atoms with Gasteiger partial charge in [0.25, 0.3) is 0 Å². The molecule has 1 aromatic carbocycles. The smallest absolute Gasteiger partial charge is 0.138 e. The molecule has 1 unspecified atom stereocenters. The van der Waals surface area contributed by atoms with Gasteiger partial charge in [-0.05, 0) is 44.9 Å². The van der Waals surface area contributed by atoms with E-state index in [9.17, 15) is 5.26 Å². The number of fused-ring (bicyclic) bond motifs is 1. The summed E-state index contributed by atoms with van der Waals surface area (Å²) in [6.45, 7) is 8.81. The monoisotopic (exact) mass is 299 g/mol. The zero-order valence-corrected chi connectivity index (χ0v) is 13.9. The number of likely N-dealkylation sites (N-methyl/N-ethyl adjacent to an activating group) is 1. The zero-order valence-electron chi connectivity index (χ0n) is 13.9. The van der Waals surface area contributed by atoms with E-state index < -0.39 is 5.54 Å². The summed E-state index contributed by atoms with van der Waals surface area (Å²) in [7, 11) is 2.15. The maximum atomic E-state index is 10.2. The highest BCUT2D eigenvalue weighted by Gasteiger charge is 2.44. The molecule has 4 heteroatoms. The molecule has 22 heavy (non-hydrogen) atoms. The third kappa shape index (κ3) is 2.39. The summed E-state index contributed by atoms with van der Waals surface area (Å²) in [5, 5.41) is 10.2. The summed E-state index contributed by atoms with van der Waals surface area (Å²) < 4.78 is 6.04. The van der Waals surface area contributed by atoms with E-state index in [1.54, 1.807) is 0 Å². The third-order valence-electron chi connectivity index (χ3n) is 5.13. The van der Waals surface area contributed by atoms with Gasteiger partial charge in [0.2, 0.25) is 0 Å². The number of ether oxygens (including phenoxy) is 1. The Morgan fingerprint density at radius 3 is 2.50 bits per heavy atom. The molecule has 0 spiro atoms. The molecule has 1 atom stereocenters. The first-order valence-electron chi connectivity index (χ1n) is 8.17. The van der Waals surface area contributed by atoms with Crippen LogP contribution in [-0.4, -0.2) is 49.6 Å². The lowest BCUT2D eigenvalue weighted by Crippen LogP contribution is -2.54. The van der Waals surface area contributed by atoms with Crippen molar-refractivity contribution in [3.05, 3.63) is 28.8 Å². The van der Waals surface area contributed by atoms with E-state index in [1.807, 2.05) is 0 Å². The fourth-order valence-electron chi connectivity index (χ4n) is 3.80. The molecule has 0 saturated carbocycles. The minimum Gasteiger partial charge on any atom is -0.493 e. The van der Waals surface area contributed by atoms with Crippen LogP contribution in [0, 0.1) is 25.2 Å². The highest BCUT2D eigenvalue weighted by Crippen LogP contribution is 2.44. The van der Waals surface area contributed by atoms with Crippen LogP contribution in [0.5, 0.6) is 5.75 Å². The summed E-state index contributed by atoms with van der Waals surface area (Å²) in [5.41, 5.74) is 2.87. The Labute approximate surface area is 133 Å². The van der Waals surface area contributed by atoms with Crippen molar-refractivity contribution in [2.24, 2.45) is 0 Å². The Kier molecular flexibility index (Phi) is 4.12. The highest BCUT2D eigenvalue weighted by molar-refractivity contribution is 5.53. The molecule has 0 radical (unpaired) electrons. The Bertz CT molecular complexity index is 599. The van der Waals surface area contributed by atoms with Gasteiger partial charge in [-0.1, -0.05) is 12.1 Å². The minimum atomic E-state index is -0.538. The first-order valence-corrected chi connectivity index (χ1v) is 8.17. The number of benzene rings is 1. The first kappa shape index (κ1) is 15.3. The van der Waals surface area contributed by atoms with Crippen LogP contribution in [0.1, 0.15) is 29.5 Å². The lowest BCUT2D eigenvalue weighted by molar-refractivity contribution is 0.0662. The molecule has 4 nitrogen and oxygen atoms in total. The van der Waals surface area contributed by atoms with Crippen LogP contribution >= 0.6 is 0 Å². The third-order valence-corrected chi connectivity index (χ3v) is 5.13. The zero-order chi connectivity index (χ0) is 15.7. The van der Waals surface area contributed by atoms with Crippen LogP contribution < -0.4 is 4.74 Å². The van der Waals surface area contributed by atoms with Crippen molar-refractivity contribution in [3.8, 4) is 11.8 Å². The van der Waals surface area contributed by atoms with Gasteiger partial charge >= 0.3 is 0 Å². The van der Waals surface area contributed by atoms with Crippen LogP contribution in [0.4, 0.5) is 0 Å². The van der Waals surface area contributed by atoms with Crippen molar-refractivity contribution in [2.45, 2.75) is 32.2 Å². The van der Waals surface area contributed by atoms with Crippen molar-refractivity contribution in [2.75, 3.05) is 39.8 Å². The molecule has 0 aromatic heterocycles. The summed E-state index contributed by atoms with van der Waals surface area (Å²) in [6.07, 6.45) is 1.78. The number of nitriles is 1. The number of piperazine rings is 1. The molecule has 0 amide bonds. The van der Waals surface area contributed by atoms with E-state index in [4.69, 9.17) is 4.74 Å². The summed E-state index contributed by atoms with van der Waals surface area (Å²) in [5.74, 6) is 0.943. The second-order valence-corrected chi connectivity index (χ2v) is 6.62. The lowest BCUT2D eigenvalue weighted by atomic mass is 9.81. The fourth-order valence-corrected chi connectivity index (χ4v) is 3.80. The summed E-state index contributed by atoms with van der Waals surface area (Å²) in [6, 6.07) is 6.93. The second kappa shape index (κ2) is 5.91. The standard InChI is InChI=1S/C18H25N3O/c1-14-5-6-15(2)17-16(14)18(13-19,7-4-12-22-17)21-10-8-20(3)9-11-21/h5-6H,4,7-12H2,1-3H3. The van der Waals surface area contributed by atoms with Crippen LogP contribution in [-0.2, 0) is 5.54 Å². The van der Waals surface area contributed by atoms with E-state index in [2.05, 4.69) is 48.9 Å². The van der Waals surface area contributed by atoms with Gasteiger partial charge in [0.05, 0.1) is 12.7 Å². The van der Waals surface area contributed by atoms with Crippen LogP contribution in [0.3, 0.4) is 0 Å². The van der Waals surface area contributed by atoms with Crippen molar-refractivity contribution >= 4 is 0 Å². The topological polar surface area (TPSA) is 39.5 Å². The molecule has 2 aliphatic rings. The van der Waals surface area contributed by atoms with Crippen LogP contribution in [0.2, 0.25) is 0 Å². The molecule has 1 aromatic rings. The molecule has 1 saturated heterocycles. The number of rotatable bonds is 1. The quantitative estimate of drug-likeness (QED) is 0.798. The van der Waals surface area contributed by atoms with Crippen molar-refractivity contribution in [1.82, 2.24) is 9.80 Å². The van der Waals surface area contributed by atoms with Crippen molar-refractivity contribution < 1.29 is 4.74 Å². The highest BCUT2D eigenvalue weighted by atomic mass is 16.5. The van der Waals surface area contributed by atoms with Gasteiger partial charge in [0, 0.05) is 31.7 Å². The molecular formula is C18H25N3O. The van der Waals surface area contributed by atoms with Crippen molar-refractivity contribution in [3.63, 3.8) is 0 Å².